The molecule has 1 aliphatic carbocycles. The summed E-state index contributed by atoms with van der Waals surface area (Å²) in [7, 11) is 0. The third kappa shape index (κ3) is 3.34. The average Bonchev–Trinajstić information content (AvgIpc) is 3.22. The van der Waals surface area contributed by atoms with Crippen LogP contribution in [0.2, 0.25) is 0 Å². The van der Waals surface area contributed by atoms with Gasteiger partial charge >= 0.3 is 5.97 Å². The lowest BCUT2D eigenvalue weighted by molar-refractivity contribution is -0.145. The topological polar surface area (TPSA) is 59.5 Å². The summed E-state index contributed by atoms with van der Waals surface area (Å²) in [5, 5.41) is 0. The van der Waals surface area contributed by atoms with E-state index in [0.717, 1.165) is 24.8 Å². The van der Waals surface area contributed by atoms with E-state index in [0.29, 0.717) is 17.9 Å². The van der Waals surface area contributed by atoms with Gasteiger partial charge in [0.15, 0.2) is 0 Å². The highest BCUT2D eigenvalue weighted by atomic mass is 16.5. The number of carbonyl (C=O) groups excluding carboxylic acids is 2. The maximum atomic E-state index is 13.2. The van der Waals surface area contributed by atoms with Crippen molar-refractivity contribution in [1.82, 2.24) is 4.98 Å². The Bertz CT molecular complexity index is 877. The number of carbonyl (C=O) groups is 2. The molecule has 0 fully saturated rings. The largest absolute Gasteiger partial charge is 0.465 e. The first-order chi connectivity index (χ1) is 13.0. The highest BCUT2D eigenvalue weighted by Gasteiger charge is 2.40. The van der Waals surface area contributed by atoms with E-state index in [-0.39, 0.29) is 30.3 Å². The Kier molecular flexibility index (Phi) is 4.68. The molecule has 4 rings (SSSR count). The van der Waals surface area contributed by atoms with Crippen molar-refractivity contribution in [2.45, 2.75) is 45.6 Å². The summed E-state index contributed by atoms with van der Waals surface area (Å²) in [6, 6.07) is 7.48. The summed E-state index contributed by atoms with van der Waals surface area (Å²) < 4.78 is 5.40. The summed E-state index contributed by atoms with van der Waals surface area (Å²) in [6.45, 7) is 4.41. The first-order valence-electron chi connectivity index (χ1n) is 9.59. The number of rotatable bonds is 5. The minimum Gasteiger partial charge on any atom is -0.465 e. The van der Waals surface area contributed by atoms with Crippen molar-refractivity contribution in [3.63, 3.8) is 0 Å². The molecule has 140 valence electrons. The summed E-state index contributed by atoms with van der Waals surface area (Å²) in [5.74, 6) is -0.0535. The van der Waals surface area contributed by atoms with E-state index in [1.165, 1.54) is 11.1 Å². The highest BCUT2D eigenvalue weighted by Crippen LogP contribution is 2.42. The van der Waals surface area contributed by atoms with Crippen LogP contribution in [0.5, 0.6) is 0 Å². The molecule has 1 aromatic carbocycles. The van der Waals surface area contributed by atoms with Crippen LogP contribution in [0.3, 0.4) is 0 Å². The van der Waals surface area contributed by atoms with Crippen molar-refractivity contribution in [2.75, 3.05) is 11.5 Å². The first kappa shape index (κ1) is 17.7. The van der Waals surface area contributed by atoms with Gasteiger partial charge in [-0.3, -0.25) is 19.5 Å². The van der Waals surface area contributed by atoms with Gasteiger partial charge in [-0.15, -0.1) is 0 Å². The fourth-order valence-corrected chi connectivity index (χ4v) is 3.99. The standard InChI is InChI=1S/C22H24N2O3/c1-14(2)13-27-21(25)11-20-18-9-15-5-3-6-16(15)10-19(18)22(26)24(20)17-7-4-8-23-12-17/h4,7-10,12,14,20H,3,5-6,11,13H2,1-2H3. The lowest BCUT2D eigenvalue weighted by Gasteiger charge is -2.24. The minimum absolute atomic E-state index is 0.0608. The van der Waals surface area contributed by atoms with Crippen molar-refractivity contribution in [1.29, 1.82) is 0 Å². The molecule has 0 radical (unpaired) electrons. The lowest BCUT2D eigenvalue weighted by atomic mass is 9.96. The van der Waals surface area contributed by atoms with Gasteiger partial charge in [0.1, 0.15) is 0 Å². The molecule has 1 amide bonds. The van der Waals surface area contributed by atoms with Crippen molar-refractivity contribution in [3.8, 4) is 0 Å². The Balaban J connectivity index is 1.70. The Morgan fingerprint density at radius 1 is 1.30 bits per heavy atom. The molecular formula is C22H24N2O3. The number of hydrogen-bond acceptors (Lipinski definition) is 4. The van der Waals surface area contributed by atoms with Gasteiger partial charge in [0.2, 0.25) is 0 Å². The maximum absolute atomic E-state index is 13.2. The third-order valence-electron chi connectivity index (χ3n) is 5.25. The Labute approximate surface area is 159 Å². The van der Waals surface area contributed by atoms with Crippen LogP contribution in [0.15, 0.2) is 36.7 Å². The number of benzene rings is 1. The van der Waals surface area contributed by atoms with Crippen LogP contribution in [-0.4, -0.2) is 23.5 Å². The number of fused-ring (bicyclic) bond motifs is 2. The predicted molar refractivity (Wildman–Crippen MR) is 103 cm³/mol. The van der Waals surface area contributed by atoms with E-state index < -0.39 is 0 Å². The van der Waals surface area contributed by atoms with Crippen LogP contribution >= 0.6 is 0 Å². The zero-order valence-corrected chi connectivity index (χ0v) is 15.8. The second kappa shape index (κ2) is 7.14. The molecule has 1 aliphatic heterocycles. The second-order valence-corrected chi connectivity index (χ2v) is 7.74. The summed E-state index contributed by atoms with van der Waals surface area (Å²) >= 11 is 0. The molecule has 1 unspecified atom stereocenters. The zero-order valence-electron chi connectivity index (χ0n) is 15.8. The summed E-state index contributed by atoms with van der Waals surface area (Å²) in [5.41, 5.74) is 4.92. The number of aromatic nitrogens is 1. The molecule has 0 N–H and O–H groups in total. The van der Waals surface area contributed by atoms with Crippen molar-refractivity contribution < 1.29 is 14.3 Å². The fraction of sp³-hybridized carbons (Fsp3) is 0.409. The Hall–Kier alpha value is -2.69. The van der Waals surface area contributed by atoms with Crippen LogP contribution in [-0.2, 0) is 22.4 Å². The first-order valence-corrected chi connectivity index (χ1v) is 9.59. The van der Waals surface area contributed by atoms with Crippen molar-refractivity contribution >= 4 is 17.6 Å². The van der Waals surface area contributed by atoms with Crippen LogP contribution < -0.4 is 4.90 Å². The van der Waals surface area contributed by atoms with Gasteiger partial charge < -0.3 is 4.74 Å². The van der Waals surface area contributed by atoms with E-state index in [1.54, 1.807) is 23.4 Å². The van der Waals surface area contributed by atoms with Gasteiger partial charge in [0, 0.05) is 11.8 Å². The summed E-state index contributed by atoms with van der Waals surface area (Å²) in [4.78, 5) is 31.5. The molecule has 0 bridgehead atoms. The number of hydrogen-bond donors (Lipinski definition) is 0. The number of ether oxygens (including phenoxy) is 1. The molecule has 0 saturated carbocycles. The fourth-order valence-electron chi connectivity index (χ4n) is 3.99. The second-order valence-electron chi connectivity index (χ2n) is 7.74. The molecule has 5 nitrogen and oxygen atoms in total. The van der Waals surface area contributed by atoms with Gasteiger partial charge in [-0.1, -0.05) is 19.9 Å². The average molecular weight is 364 g/mol. The number of pyridine rings is 1. The molecule has 0 spiro atoms. The molecule has 5 heteroatoms. The van der Waals surface area contributed by atoms with Crippen LogP contribution in [0.25, 0.3) is 0 Å². The number of nitrogens with zero attached hydrogens (tertiary/aromatic N) is 2. The molecule has 1 aromatic heterocycles. The third-order valence-corrected chi connectivity index (χ3v) is 5.25. The van der Waals surface area contributed by atoms with Gasteiger partial charge in [-0.2, -0.15) is 0 Å². The lowest BCUT2D eigenvalue weighted by Crippen LogP contribution is -2.30. The monoisotopic (exact) mass is 364 g/mol. The van der Waals surface area contributed by atoms with E-state index in [1.807, 2.05) is 26.0 Å². The molecule has 1 atom stereocenters. The predicted octanol–water partition coefficient (Wildman–Crippen LogP) is 3.86. The molecule has 0 saturated heterocycles. The molecular weight excluding hydrogens is 340 g/mol. The number of anilines is 1. The van der Waals surface area contributed by atoms with E-state index in [4.69, 9.17) is 4.74 Å². The number of aryl methyl sites for hydroxylation is 2. The highest BCUT2D eigenvalue weighted by molar-refractivity contribution is 6.11. The molecule has 2 heterocycles. The molecule has 2 aromatic rings. The van der Waals surface area contributed by atoms with Crippen molar-refractivity contribution in [2.24, 2.45) is 5.92 Å². The molecule has 27 heavy (non-hydrogen) atoms. The smallest absolute Gasteiger partial charge is 0.308 e. The summed E-state index contributed by atoms with van der Waals surface area (Å²) in [6.07, 6.45) is 6.68. The maximum Gasteiger partial charge on any atom is 0.308 e. The van der Waals surface area contributed by atoms with Gasteiger partial charge in [0.25, 0.3) is 5.91 Å². The van der Waals surface area contributed by atoms with Crippen LogP contribution in [0.1, 0.15) is 59.8 Å². The molecule has 2 aliphatic rings. The minimum atomic E-state index is -0.345. The number of esters is 1. The Morgan fingerprint density at radius 3 is 2.78 bits per heavy atom. The SMILES string of the molecule is CC(C)COC(=O)CC1c2cc3c(cc2C(=O)N1c1cccnc1)CCC3. The van der Waals surface area contributed by atoms with E-state index in [2.05, 4.69) is 11.1 Å². The van der Waals surface area contributed by atoms with Gasteiger partial charge in [-0.05, 0) is 60.1 Å². The van der Waals surface area contributed by atoms with Crippen LogP contribution in [0.4, 0.5) is 5.69 Å². The zero-order chi connectivity index (χ0) is 19.0. The van der Waals surface area contributed by atoms with E-state index in [9.17, 15) is 9.59 Å². The van der Waals surface area contributed by atoms with Crippen molar-refractivity contribution in [3.05, 3.63) is 58.9 Å². The quantitative estimate of drug-likeness (QED) is 0.756. The number of amides is 1. The van der Waals surface area contributed by atoms with E-state index >= 15 is 0 Å². The normalized spacial score (nSPS) is 18.0. The van der Waals surface area contributed by atoms with Gasteiger partial charge in [0.05, 0.1) is 31.0 Å². The van der Waals surface area contributed by atoms with Gasteiger partial charge in [-0.25, -0.2) is 0 Å². The van der Waals surface area contributed by atoms with Crippen LogP contribution in [0, 0.1) is 5.92 Å². The Morgan fingerprint density at radius 2 is 2.07 bits per heavy atom.